The van der Waals surface area contributed by atoms with Crippen LogP contribution < -0.4 is 10.1 Å². The molecule has 1 aromatic heterocycles. The second-order valence-corrected chi connectivity index (χ2v) is 7.45. The number of hydrogen-bond donors (Lipinski definition) is 1. The van der Waals surface area contributed by atoms with Crippen LogP contribution in [0.25, 0.3) is 0 Å². The van der Waals surface area contributed by atoms with Crippen molar-refractivity contribution < 1.29 is 14.3 Å². The van der Waals surface area contributed by atoms with Crippen LogP contribution in [0.5, 0.6) is 5.88 Å². The van der Waals surface area contributed by atoms with E-state index in [1.807, 2.05) is 17.9 Å². The summed E-state index contributed by atoms with van der Waals surface area (Å²) in [4.78, 5) is 32.0. The van der Waals surface area contributed by atoms with Crippen LogP contribution in [-0.4, -0.2) is 41.4 Å². The number of nitrogens with one attached hydrogen (secondary N) is 1. The summed E-state index contributed by atoms with van der Waals surface area (Å²) in [5.41, 5.74) is 1.33. The molecule has 2 unspecified atom stereocenters. The Bertz CT molecular complexity index is 842. The van der Waals surface area contributed by atoms with Gasteiger partial charge in [-0.1, -0.05) is 26.0 Å². The Morgan fingerprint density at radius 2 is 1.79 bits per heavy atom. The molecule has 1 N–H and O–H groups in total. The van der Waals surface area contributed by atoms with Crippen molar-refractivity contribution in [2.24, 2.45) is 11.8 Å². The highest BCUT2D eigenvalue weighted by atomic mass is 16.5. The Morgan fingerprint density at radius 1 is 1.11 bits per heavy atom. The van der Waals surface area contributed by atoms with Gasteiger partial charge in [-0.05, 0) is 49.4 Å². The number of amides is 2. The summed E-state index contributed by atoms with van der Waals surface area (Å²) in [5, 5.41) is 2.86. The van der Waals surface area contributed by atoms with Crippen LogP contribution >= 0.6 is 0 Å². The number of carbonyl (C=O) groups excluding carboxylic acids is 2. The number of para-hydroxylation sites is 1. The second-order valence-electron chi connectivity index (χ2n) is 7.45. The molecule has 2 atom stereocenters. The van der Waals surface area contributed by atoms with Crippen LogP contribution in [0, 0.1) is 11.8 Å². The lowest BCUT2D eigenvalue weighted by Gasteiger charge is -2.35. The van der Waals surface area contributed by atoms with E-state index < -0.39 is 0 Å². The summed E-state index contributed by atoms with van der Waals surface area (Å²) in [6.07, 6.45) is 2.71. The van der Waals surface area contributed by atoms with Crippen molar-refractivity contribution in [3.05, 3.63) is 53.7 Å². The van der Waals surface area contributed by atoms with Gasteiger partial charge in [-0.15, -0.1) is 0 Å². The third-order valence-electron chi connectivity index (χ3n) is 4.86. The third kappa shape index (κ3) is 4.50. The van der Waals surface area contributed by atoms with Gasteiger partial charge in [-0.3, -0.25) is 9.59 Å². The lowest BCUT2D eigenvalue weighted by atomic mass is 9.91. The molecule has 1 fully saturated rings. The van der Waals surface area contributed by atoms with E-state index in [0.717, 1.165) is 19.5 Å². The maximum absolute atomic E-state index is 13.1. The first kappa shape index (κ1) is 19.9. The van der Waals surface area contributed by atoms with E-state index in [-0.39, 0.29) is 17.7 Å². The molecule has 0 bridgehead atoms. The average Bonchev–Trinajstić information content (AvgIpc) is 2.68. The predicted molar refractivity (Wildman–Crippen MR) is 109 cm³/mol. The van der Waals surface area contributed by atoms with E-state index in [9.17, 15) is 9.59 Å². The van der Waals surface area contributed by atoms with Gasteiger partial charge in [0.05, 0.1) is 17.9 Å². The van der Waals surface area contributed by atoms with Crippen LogP contribution in [0.3, 0.4) is 0 Å². The number of rotatable bonds is 5. The largest absolute Gasteiger partial charge is 0.477 e. The molecule has 0 spiro atoms. The standard InChI is InChI=1S/C22H27N3O3/c1-4-28-21-18(9-7-11-23-21)20(26)24-19-10-6-5-8-17(19)22(27)25-13-15(2)12-16(3)14-25/h5-11,15-16H,4,12-14H2,1-3H3,(H,24,26). The van der Waals surface area contributed by atoms with Crippen LogP contribution in [0.15, 0.2) is 42.6 Å². The van der Waals surface area contributed by atoms with Gasteiger partial charge in [-0.2, -0.15) is 0 Å². The summed E-state index contributed by atoms with van der Waals surface area (Å²) in [6.45, 7) is 8.07. The molecule has 6 nitrogen and oxygen atoms in total. The molecule has 2 aromatic rings. The van der Waals surface area contributed by atoms with E-state index in [1.54, 1.807) is 36.5 Å². The fourth-order valence-corrected chi connectivity index (χ4v) is 3.78. The first-order valence-electron chi connectivity index (χ1n) is 9.77. The minimum Gasteiger partial charge on any atom is -0.477 e. The van der Waals surface area contributed by atoms with Crippen molar-refractivity contribution >= 4 is 17.5 Å². The Balaban J connectivity index is 1.83. The first-order valence-corrected chi connectivity index (χ1v) is 9.77. The van der Waals surface area contributed by atoms with Gasteiger partial charge in [0, 0.05) is 19.3 Å². The molecule has 6 heteroatoms. The zero-order valence-electron chi connectivity index (χ0n) is 16.6. The molecule has 1 aliphatic rings. The molecular formula is C22H27N3O3. The molecule has 148 valence electrons. The van der Waals surface area contributed by atoms with Crippen LogP contribution in [0.4, 0.5) is 5.69 Å². The molecule has 0 aliphatic carbocycles. The fourth-order valence-electron chi connectivity index (χ4n) is 3.78. The van der Waals surface area contributed by atoms with Crippen LogP contribution in [0.1, 0.15) is 47.9 Å². The molecule has 1 aliphatic heterocycles. The highest BCUT2D eigenvalue weighted by Crippen LogP contribution is 2.25. The highest BCUT2D eigenvalue weighted by Gasteiger charge is 2.27. The third-order valence-corrected chi connectivity index (χ3v) is 4.86. The predicted octanol–water partition coefficient (Wildman–Crippen LogP) is 3.85. The van der Waals surface area contributed by atoms with Gasteiger partial charge in [0.25, 0.3) is 11.8 Å². The number of nitrogens with zero attached hydrogens (tertiary/aromatic N) is 2. The summed E-state index contributed by atoms with van der Waals surface area (Å²) in [7, 11) is 0. The van der Waals surface area contributed by atoms with Crippen LogP contribution in [-0.2, 0) is 0 Å². The van der Waals surface area contributed by atoms with Crippen LogP contribution in [0.2, 0.25) is 0 Å². The fraction of sp³-hybridized carbons (Fsp3) is 0.409. The maximum atomic E-state index is 13.1. The molecule has 2 heterocycles. The topological polar surface area (TPSA) is 71.5 Å². The number of pyridine rings is 1. The Kier molecular flexibility index (Phi) is 6.29. The molecular weight excluding hydrogens is 354 g/mol. The van der Waals surface area contributed by atoms with E-state index in [0.29, 0.717) is 35.3 Å². The average molecular weight is 381 g/mol. The molecule has 1 saturated heterocycles. The Morgan fingerprint density at radius 3 is 2.50 bits per heavy atom. The monoisotopic (exact) mass is 381 g/mol. The normalized spacial score (nSPS) is 19.2. The molecule has 3 rings (SSSR count). The van der Waals surface area contributed by atoms with Gasteiger partial charge in [0.1, 0.15) is 5.56 Å². The number of likely N-dealkylation sites (tertiary alicyclic amines) is 1. The minimum atomic E-state index is -0.350. The zero-order valence-corrected chi connectivity index (χ0v) is 16.6. The van der Waals surface area contributed by atoms with Gasteiger partial charge in [0.15, 0.2) is 0 Å². The highest BCUT2D eigenvalue weighted by molar-refractivity contribution is 6.09. The number of piperidine rings is 1. The van der Waals surface area contributed by atoms with Gasteiger partial charge < -0.3 is 15.0 Å². The lowest BCUT2D eigenvalue weighted by Crippen LogP contribution is -2.42. The number of anilines is 1. The van der Waals surface area contributed by atoms with Gasteiger partial charge in [0.2, 0.25) is 5.88 Å². The Labute approximate surface area is 165 Å². The quantitative estimate of drug-likeness (QED) is 0.854. The number of benzene rings is 1. The summed E-state index contributed by atoms with van der Waals surface area (Å²) >= 11 is 0. The van der Waals surface area contributed by atoms with E-state index >= 15 is 0 Å². The van der Waals surface area contributed by atoms with E-state index in [1.165, 1.54) is 0 Å². The van der Waals surface area contributed by atoms with Gasteiger partial charge >= 0.3 is 0 Å². The van der Waals surface area contributed by atoms with Crippen molar-refractivity contribution in [3.63, 3.8) is 0 Å². The first-order chi connectivity index (χ1) is 13.5. The van der Waals surface area contributed by atoms with Gasteiger partial charge in [-0.25, -0.2) is 4.98 Å². The molecule has 28 heavy (non-hydrogen) atoms. The lowest BCUT2D eigenvalue weighted by molar-refractivity contribution is 0.0624. The van der Waals surface area contributed by atoms with Crippen molar-refractivity contribution in [2.75, 3.05) is 25.0 Å². The van der Waals surface area contributed by atoms with E-state index in [2.05, 4.69) is 24.1 Å². The van der Waals surface area contributed by atoms with Crippen molar-refractivity contribution in [1.29, 1.82) is 0 Å². The SMILES string of the molecule is CCOc1ncccc1C(=O)Nc1ccccc1C(=O)N1CC(C)CC(C)C1. The smallest absolute Gasteiger partial charge is 0.261 e. The number of hydrogen-bond acceptors (Lipinski definition) is 4. The molecule has 0 radical (unpaired) electrons. The summed E-state index contributed by atoms with van der Waals surface area (Å²) < 4.78 is 5.45. The van der Waals surface area contributed by atoms with Crippen molar-refractivity contribution in [3.8, 4) is 5.88 Å². The number of ether oxygens (including phenoxy) is 1. The second kappa shape index (κ2) is 8.87. The number of aromatic nitrogens is 1. The summed E-state index contributed by atoms with van der Waals surface area (Å²) in [5.74, 6) is 0.824. The summed E-state index contributed by atoms with van der Waals surface area (Å²) in [6, 6.07) is 10.5. The minimum absolute atomic E-state index is 0.0504. The zero-order chi connectivity index (χ0) is 20.1. The molecule has 1 aromatic carbocycles. The van der Waals surface area contributed by atoms with Crippen molar-refractivity contribution in [1.82, 2.24) is 9.88 Å². The maximum Gasteiger partial charge on any atom is 0.261 e. The molecule has 2 amide bonds. The molecule has 0 saturated carbocycles. The Hall–Kier alpha value is -2.89. The number of carbonyl (C=O) groups is 2. The van der Waals surface area contributed by atoms with E-state index in [4.69, 9.17) is 4.74 Å². The van der Waals surface area contributed by atoms with Crippen molar-refractivity contribution in [2.45, 2.75) is 27.2 Å².